The van der Waals surface area contributed by atoms with E-state index in [1.165, 1.54) is 0 Å². The molecule has 0 heterocycles. The van der Waals surface area contributed by atoms with Gasteiger partial charge in [-0.05, 0) is 49.2 Å². The number of benzene rings is 2. The van der Waals surface area contributed by atoms with Gasteiger partial charge in [-0.3, -0.25) is 4.79 Å². The van der Waals surface area contributed by atoms with Gasteiger partial charge in [0.1, 0.15) is 11.5 Å². The molecule has 0 atom stereocenters. The summed E-state index contributed by atoms with van der Waals surface area (Å²) in [6.45, 7) is 4.54. The number of rotatable bonds is 8. The lowest BCUT2D eigenvalue weighted by molar-refractivity contribution is -0.118. The van der Waals surface area contributed by atoms with Crippen LogP contribution in [0.3, 0.4) is 0 Å². The molecule has 0 aromatic heterocycles. The van der Waals surface area contributed by atoms with Crippen molar-refractivity contribution in [2.24, 2.45) is 0 Å². The standard InChI is InChI=1S/C19H22ClNO3/c1-3-4-11-23-18-8-6-5-7-17(18)21-19(22)13-24-15-9-10-16(20)14(2)12-15/h5-10,12H,3-4,11,13H2,1-2H3,(H,21,22). The van der Waals surface area contributed by atoms with Gasteiger partial charge in [0.2, 0.25) is 0 Å². The highest BCUT2D eigenvalue weighted by atomic mass is 35.5. The predicted octanol–water partition coefficient (Wildman–Crippen LogP) is 4.84. The second kappa shape index (κ2) is 9.18. The Kier molecular flexibility index (Phi) is 6.94. The molecular weight excluding hydrogens is 326 g/mol. The number of hydrogen-bond acceptors (Lipinski definition) is 3. The van der Waals surface area contributed by atoms with Gasteiger partial charge in [0, 0.05) is 5.02 Å². The average Bonchev–Trinajstić information content (AvgIpc) is 2.58. The maximum atomic E-state index is 12.1. The number of nitrogens with one attached hydrogen (secondary N) is 1. The molecular formula is C19H22ClNO3. The first-order valence-electron chi connectivity index (χ1n) is 8.00. The van der Waals surface area contributed by atoms with Crippen molar-refractivity contribution in [2.75, 3.05) is 18.5 Å². The van der Waals surface area contributed by atoms with E-state index in [2.05, 4.69) is 12.2 Å². The Bertz CT molecular complexity index is 688. The summed E-state index contributed by atoms with van der Waals surface area (Å²) in [4.78, 5) is 12.1. The summed E-state index contributed by atoms with van der Waals surface area (Å²) in [7, 11) is 0. The van der Waals surface area contributed by atoms with Crippen molar-refractivity contribution in [3.63, 3.8) is 0 Å². The number of amides is 1. The first-order valence-corrected chi connectivity index (χ1v) is 8.38. The van der Waals surface area contributed by atoms with Crippen LogP contribution in [-0.4, -0.2) is 19.1 Å². The fourth-order valence-electron chi connectivity index (χ4n) is 2.06. The van der Waals surface area contributed by atoms with Gasteiger partial charge in [-0.25, -0.2) is 0 Å². The van der Waals surface area contributed by atoms with E-state index in [-0.39, 0.29) is 12.5 Å². The van der Waals surface area contributed by atoms with Crippen LogP contribution < -0.4 is 14.8 Å². The van der Waals surface area contributed by atoms with Crippen LogP contribution in [0.15, 0.2) is 42.5 Å². The van der Waals surface area contributed by atoms with E-state index >= 15 is 0 Å². The van der Waals surface area contributed by atoms with Gasteiger partial charge >= 0.3 is 0 Å². The first-order chi connectivity index (χ1) is 11.6. The predicted molar refractivity (Wildman–Crippen MR) is 97.2 cm³/mol. The van der Waals surface area contributed by atoms with Gasteiger partial charge in [-0.2, -0.15) is 0 Å². The van der Waals surface area contributed by atoms with Crippen LogP contribution in [0.1, 0.15) is 25.3 Å². The summed E-state index contributed by atoms with van der Waals surface area (Å²) in [6, 6.07) is 12.7. The third-order valence-corrected chi connectivity index (χ3v) is 3.84. The minimum absolute atomic E-state index is 0.0790. The van der Waals surface area contributed by atoms with Crippen molar-refractivity contribution >= 4 is 23.2 Å². The molecule has 24 heavy (non-hydrogen) atoms. The third-order valence-electron chi connectivity index (χ3n) is 3.42. The molecule has 2 aromatic carbocycles. The number of carbonyl (C=O) groups excluding carboxylic acids is 1. The fraction of sp³-hybridized carbons (Fsp3) is 0.316. The van der Waals surface area contributed by atoms with E-state index < -0.39 is 0 Å². The highest BCUT2D eigenvalue weighted by molar-refractivity contribution is 6.31. The molecule has 2 aromatic rings. The highest BCUT2D eigenvalue weighted by Gasteiger charge is 2.09. The quantitative estimate of drug-likeness (QED) is 0.695. The Morgan fingerprint density at radius 2 is 1.96 bits per heavy atom. The van der Waals surface area contributed by atoms with E-state index in [0.717, 1.165) is 18.4 Å². The molecule has 0 spiro atoms. The van der Waals surface area contributed by atoms with Crippen molar-refractivity contribution in [3.05, 3.63) is 53.1 Å². The van der Waals surface area contributed by atoms with E-state index in [4.69, 9.17) is 21.1 Å². The summed E-state index contributed by atoms with van der Waals surface area (Å²) in [6.07, 6.45) is 2.03. The van der Waals surface area contributed by atoms with E-state index in [0.29, 0.717) is 28.8 Å². The summed E-state index contributed by atoms with van der Waals surface area (Å²) in [5, 5.41) is 3.49. The maximum Gasteiger partial charge on any atom is 0.262 e. The molecule has 0 aliphatic carbocycles. The lowest BCUT2D eigenvalue weighted by Gasteiger charge is -2.13. The number of halogens is 1. The van der Waals surface area contributed by atoms with Gasteiger partial charge in [0.15, 0.2) is 6.61 Å². The molecule has 1 amide bonds. The average molecular weight is 348 g/mol. The molecule has 4 nitrogen and oxygen atoms in total. The molecule has 0 aliphatic heterocycles. The molecule has 0 saturated carbocycles. The molecule has 1 N–H and O–H groups in total. The lowest BCUT2D eigenvalue weighted by atomic mass is 10.2. The number of aryl methyl sites for hydroxylation is 1. The lowest BCUT2D eigenvalue weighted by Crippen LogP contribution is -2.20. The van der Waals surface area contributed by atoms with Crippen LogP contribution in [0.2, 0.25) is 5.02 Å². The number of carbonyl (C=O) groups is 1. The van der Waals surface area contributed by atoms with Crippen LogP contribution in [-0.2, 0) is 4.79 Å². The second-order valence-corrected chi connectivity index (χ2v) is 5.85. The van der Waals surface area contributed by atoms with E-state index in [1.807, 2.05) is 31.2 Å². The Morgan fingerprint density at radius 3 is 2.71 bits per heavy atom. The number of unbranched alkanes of at least 4 members (excludes halogenated alkanes) is 1. The highest BCUT2D eigenvalue weighted by Crippen LogP contribution is 2.24. The minimum Gasteiger partial charge on any atom is -0.491 e. The van der Waals surface area contributed by atoms with Crippen LogP contribution >= 0.6 is 11.6 Å². The summed E-state index contributed by atoms with van der Waals surface area (Å²) in [5.41, 5.74) is 1.55. The zero-order chi connectivity index (χ0) is 17.4. The second-order valence-electron chi connectivity index (χ2n) is 5.45. The third kappa shape index (κ3) is 5.46. The van der Waals surface area contributed by atoms with Crippen molar-refractivity contribution < 1.29 is 14.3 Å². The zero-order valence-corrected chi connectivity index (χ0v) is 14.7. The smallest absolute Gasteiger partial charge is 0.262 e. The Hall–Kier alpha value is -2.20. The van der Waals surface area contributed by atoms with Gasteiger partial charge in [0.05, 0.1) is 12.3 Å². The Labute approximate surface area is 147 Å². The molecule has 128 valence electrons. The number of para-hydroxylation sites is 2. The van der Waals surface area contributed by atoms with Gasteiger partial charge in [-0.15, -0.1) is 0 Å². The van der Waals surface area contributed by atoms with E-state index in [1.54, 1.807) is 18.2 Å². The van der Waals surface area contributed by atoms with Crippen LogP contribution in [0.25, 0.3) is 0 Å². The molecule has 5 heteroatoms. The topological polar surface area (TPSA) is 47.6 Å². The first kappa shape index (κ1) is 18.1. The molecule has 0 aliphatic rings. The Balaban J connectivity index is 1.91. The summed E-state index contributed by atoms with van der Waals surface area (Å²) < 4.78 is 11.2. The normalized spacial score (nSPS) is 10.3. The number of anilines is 1. The van der Waals surface area contributed by atoms with Gasteiger partial charge in [-0.1, -0.05) is 37.1 Å². The largest absolute Gasteiger partial charge is 0.491 e. The van der Waals surface area contributed by atoms with Crippen LogP contribution in [0.5, 0.6) is 11.5 Å². The van der Waals surface area contributed by atoms with Gasteiger partial charge < -0.3 is 14.8 Å². The molecule has 2 rings (SSSR count). The molecule has 0 unspecified atom stereocenters. The number of hydrogen-bond donors (Lipinski definition) is 1. The molecule has 0 bridgehead atoms. The monoisotopic (exact) mass is 347 g/mol. The maximum absolute atomic E-state index is 12.1. The van der Waals surface area contributed by atoms with Crippen molar-refractivity contribution in [1.82, 2.24) is 0 Å². The number of ether oxygens (including phenoxy) is 2. The SMILES string of the molecule is CCCCOc1ccccc1NC(=O)COc1ccc(Cl)c(C)c1. The molecule has 0 fully saturated rings. The summed E-state index contributed by atoms with van der Waals surface area (Å²) >= 11 is 5.97. The van der Waals surface area contributed by atoms with Crippen molar-refractivity contribution in [2.45, 2.75) is 26.7 Å². The molecule has 0 saturated heterocycles. The summed E-state index contributed by atoms with van der Waals surface area (Å²) in [5.74, 6) is 1.04. The van der Waals surface area contributed by atoms with Crippen molar-refractivity contribution in [1.29, 1.82) is 0 Å². The fourth-order valence-corrected chi connectivity index (χ4v) is 2.18. The van der Waals surface area contributed by atoms with Crippen molar-refractivity contribution in [3.8, 4) is 11.5 Å². The minimum atomic E-state index is -0.242. The van der Waals surface area contributed by atoms with E-state index in [9.17, 15) is 4.79 Å². The van der Waals surface area contributed by atoms with Crippen LogP contribution in [0, 0.1) is 6.92 Å². The van der Waals surface area contributed by atoms with Crippen LogP contribution in [0.4, 0.5) is 5.69 Å². The zero-order valence-electron chi connectivity index (χ0n) is 14.0. The van der Waals surface area contributed by atoms with Gasteiger partial charge in [0.25, 0.3) is 5.91 Å². The Morgan fingerprint density at radius 1 is 1.17 bits per heavy atom. The molecule has 0 radical (unpaired) electrons.